The van der Waals surface area contributed by atoms with Crippen LogP contribution in [0.25, 0.3) is 21.5 Å². The lowest BCUT2D eigenvalue weighted by atomic mass is 10.1. The fourth-order valence-corrected chi connectivity index (χ4v) is 5.70. The van der Waals surface area contributed by atoms with Crippen LogP contribution in [0.4, 0.5) is 0 Å². The molecule has 0 saturated carbocycles. The number of aromatic nitrogens is 2. The number of hydrogen-bond acceptors (Lipinski definition) is 4. The first-order valence-corrected chi connectivity index (χ1v) is 12.6. The monoisotopic (exact) mass is 464 g/mol. The molecule has 1 aromatic carbocycles. The van der Waals surface area contributed by atoms with Crippen LogP contribution in [0.2, 0.25) is 0 Å². The van der Waals surface area contributed by atoms with E-state index < -0.39 is 0 Å². The fraction of sp³-hybridized carbons (Fsp3) is 0.545. The summed E-state index contributed by atoms with van der Waals surface area (Å²) in [6, 6.07) is 8.78. The summed E-state index contributed by atoms with van der Waals surface area (Å²) in [5.41, 5.74) is 3.19. The first-order valence-electron chi connectivity index (χ1n) is 10.3. The van der Waals surface area contributed by atoms with Crippen LogP contribution in [-0.2, 0) is 6.42 Å². The predicted molar refractivity (Wildman–Crippen MR) is 124 cm³/mol. The molecule has 0 radical (unpaired) electrons. The Morgan fingerprint density at radius 2 is 1.44 bits per heavy atom. The molecule has 3 rings (SSSR count). The molecule has 2 aromatic heterocycles. The molecule has 0 bridgehead atoms. The molecule has 0 aliphatic rings. The van der Waals surface area contributed by atoms with Gasteiger partial charge in [-0.1, -0.05) is 80.6 Å². The van der Waals surface area contributed by atoms with Crippen molar-refractivity contribution in [3.8, 4) is 10.4 Å². The minimum atomic E-state index is 0.970. The van der Waals surface area contributed by atoms with E-state index in [1.165, 1.54) is 97.7 Å². The lowest BCUT2D eigenvalue weighted by molar-refractivity contribution is 0.557. The van der Waals surface area contributed by atoms with Crippen LogP contribution in [0, 0.1) is 0 Å². The standard InChI is InChI=1S/C22H29BrN2S2/c1-2-3-4-5-6-7-8-9-10-11-12-17-13-14-22(26-17)18-15-20-21(16-19(18)23)25-27-24-20/h13-16H,2-12H2,1H3. The third-order valence-electron chi connectivity index (χ3n) is 5.05. The molecule has 0 aliphatic heterocycles. The van der Waals surface area contributed by atoms with Crippen molar-refractivity contribution in [3.05, 3.63) is 33.6 Å². The second kappa shape index (κ2) is 11.3. The molecule has 0 amide bonds. The third kappa shape index (κ3) is 6.37. The van der Waals surface area contributed by atoms with E-state index in [9.17, 15) is 0 Å². The topological polar surface area (TPSA) is 25.8 Å². The van der Waals surface area contributed by atoms with E-state index in [0.29, 0.717) is 0 Å². The second-order valence-corrected chi connectivity index (χ2v) is 9.83. The molecular weight excluding hydrogens is 436 g/mol. The van der Waals surface area contributed by atoms with E-state index in [1.807, 2.05) is 11.3 Å². The van der Waals surface area contributed by atoms with Gasteiger partial charge in [-0.05, 0) is 37.1 Å². The molecule has 0 unspecified atom stereocenters. The zero-order valence-electron chi connectivity index (χ0n) is 16.2. The Kier molecular flexibility index (Phi) is 8.75. The van der Waals surface area contributed by atoms with E-state index in [1.54, 1.807) is 0 Å². The number of halogens is 1. The molecule has 0 N–H and O–H groups in total. The first kappa shape index (κ1) is 20.9. The zero-order valence-corrected chi connectivity index (χ0v) is 19.4. The van der Waals surface area contributed by atoms with Gasteiger partial charge in [0, 0.05) is 19.8 Å². The smallest absolute Gasteiger partial charge is 0.105 e. The molecule has 146 valence electrons. The Bertz CT molecular complexity index is 825. The van der Waals surface area contributed by atoms with Crippen LogP contribution in [0.5, 0.6) is 0 Å². The zero-order chi connectivity index (χ0) is 18.9. The van der Waals surface area contributed by atoms with Crippen molar-refractivity contribution < 1.29 is 0 Å². The van der Waals surface area contributed by atoms with Gasteiger partial charge in [-0.2, -0.15) is 8.75 Å². The number of rotatable bonds is 12. The molecule has 0 spiro atoms. The van der Waals surface area contributed by atoms with Gasteiger partial charge < -0.3 is 0 Å². The van der Waals surface area contributed by atoms with Crippen LogP contribution < -0.4 is 0 Å². The fourth-order valence-electron chi connectivity index (χ4n) is 3.44. The summed E-state index contributed by atoms with van der Waals surface area (Å²) in [7, 11) is 0. The Labute approximate surface area is 179 Å². The molecular formula is C22H29BrN2S2. The number of aryl methyl sites for hydroxylation is 1. The summed E-state index contributed by atoms with van der Waals surface area (Å²) < 4.78 is 9.79. The van der Waals surface area contributed by atoms with Crippen molar-refractivity contribution in [1.29, 1.82) is 0 Å². The van der Waals surface area contributed by atoms with Crippen LogP contribution in [-0.4, -0.2) is 8.75 Å². The van der Waals surface area contributed by atoms with Gasteiger partial charge in [0.1, 0.15) is 11.0 Å². The van der Waals surface area contributed by atoms with Gasteiger partial charge in [0.15, 0.2) is 0 Å². The highest BCUT2D eigenvalue weighted by Crippen LogP contribution is 2.36. The minimum Gasteiger partial charge on any atom is -0.173 e. The van der Waals surface area contributed by atoms with Gasteiger partial charge in [-0.25, -0.2) is 0 Å². The molecule has 3 aromatic rings. The van der Waals surface area contributed by atoms with Crippen LogP contribution in [0.15, 0.2) is 28.7 Å². The normalized spacial score (nSPS) is 11.5. The number of thiophene rings is 1. The summed E-state index contributed by atoms with van der Waals surface area (Å²) in [4.78, 5) is 2.81. The van der Waals surface area contributed by atoms with Crippen molar-refractivity contribution >= 4 is 50.0 Å². The molecule has 27 heavy (non-hydrogen) atoms. The van der Waals surface area contributed by atoms with Crippen molar-refractivity contribution in [1.82, 2.24) is 8.75 Å². The van der Waals surface area contributed by atoms with Gasteiger partial charge in [-0.3, -0.25) is 0 Å². The van der Waals surface area contributed by atoms with E-state index in [4.69, 9.17) is 0 Å². The summed E-state index contributed by atoms with van der Waals surface area (Å²) in [6.45, 7) is 2.28. The van der Waals surface area contributed by atoms with Crippen molar-refractivity contribution in [2.75, 3.05) is 0 Å². The highest BCUT2D eigenvalue weighted by Gasteiger charge is 2.10. The van der Waals surface area contributed by atoms with Crippen molar-refractivity contribution in [3.63, 3.8) is 0 Å². The van der Waals surface area contributed by atoms with E-state index in [2.05, 4.69) is 55.9 Å². The SMILES string of the molecule is CCCCCCCCCCCCc1ccc(-c2cc3nsnc3cc2Br)s1. The lowest BCUT2D eigenvalue weighted by Crippen LogP contribution is -1.84. The van der Waals surface area contributed by atoms with Crippen LogP contribution >= 0.6 is 39.0 Å². The number of benzene rings is 1. The summed E-state index contributed by atoms with van der Waals surface area (Å²) in [6.07, 6.45) is 15.2. The molecule has 0 aliphatic carbocycles. The van der Waals surface area contributed by atoms with E-state index >= 15 is 0 Å². The maximum absolute atomic E-state index is 4.37. The third-order valence-corrected chi connectivity index (χ3v) is 7.44. The summed E-state index contributed by atoms with van der Waals surface area (Å²) in [5.74, 6) is 0. The lowest BCUT2D eigenvalue weighted by Gasteiger charge is -2.02. The van der Waals surface area contributed by atoms with Crippen LogP contribution in [0.3, 0.4) is 0 Å². The first-order chi connectivity index (χ1) is 13.3. The van der Waals surface area contributed by atoms with Gasteiger partial charge in [-0.15, -0.1) is 11.3 Å². The average molecular weight is 466 g/mol. The van der Waals surface area contributed by atoms with Gasteiger partial charge in [0.25, 0.3) is 0 Å². The summed E-state index contributed by atoms with van der Waals surface area (Å²) in [5, 5.41) is 0. The van der Waals surface area contributed by atoms with Crippen LogP contribution in [0.1, 0.15) is 76.0 Å². The predicted octanol–water partition coefficient (Wildman–Crippen LogP) is 8.65. The maximum atomic E-state index is 4.37. The number of nitrogens with zero attached hydrogens (tertiary/aromatic N) is 2. The molecule has 0 atom stereocenters. The minimum absolute atomic E-state index is 0.970. The summed E-state index contributed by atoms with van der Waals surface area (Å²) >= 11 is 6.89. The van der Waals surface area contributed by atoms with Crippen molar-refractivity contribution in [2.45, 2.75) is 77.6 Å². The van der Waals surface area contributed by atoms with Gasteiger partial charge >= 0.3 is 0 Å². The van der Waals surface area contributed by atoms with E-state index in [-0.39, 0.29) is 0 Å². The highest BCUT2D eigenvalue weighted by atomic mass is 79.9. The Morgan fingerprint density at radius 1 is 0.815 bits per heavy atom. The number of hydrogen-bond donors (Lipinski definition) is 0. The van der Waals surface area contributed by atoms with Crippen molar-refractivity contribution in [2.24, 2.45) is 0 Å². The largest absolute Gasteiger partial charge is 0.173 e. The van der Waals surface area contributed by atoms with Gasteiger partial charge in [0.2, 0.25) is 0 Å². The number of fused-ring (bicyclic) bond motifs is 1. The highest BCUT2D eigenvalue weighted by molar-refractivity contribution is 9.10. The molecule has 2 heterocycles. The Hall–Kier alpha value is -0.780. The molecule has 0 saturated heterocycles. The molecule has 0 fully saturated rings. The Balaban J connectivity index is 1.39. The number of unbranched alkanes of at least 4 members (excludes halogenated alkanes) is 9. The quantitative estimate of drug-likeness (QED) is 0.250. The Morgan fingerprint density at radius 3 is 2.15 bits per heavy atom. The average Bonchev–Trinajstić information content (AvgIpc) is 3.31. The maximum Gasteiger partial charge on any atom is 0.105 e. The second-order valence-electron chi connectivity index (χ2n) is 7.28. The molecule has 5 heteroatoms. The molecule has 2 nitrogen and oxygen atoms in total. The van der Waals surface area contributed by atoms with Gasteiger partial charge in [0.05, 0.1) is 11.7 Å². The van der Waals surface area contributed by atoms with E-state index in [0.717, 1.165) is 15.5 Å².